The molecule has 1 unspecified atom stereocenters. The Morgan fingerprint density at radius 2 is 1.96 bits per heavy atom. The number of rotatable bonds is 6. The van der Waals surface area contributed by atoms with Gasteiger partial charge >= 0.3 is 0 Å². The van der Waals surface area contributed by atoms with Crippen molar-refractivity contribution in [3.8, 4) is 0 Å². The van der Waals surface area contributed by atoms with Crippen LogP contribution in [0.25, 0.3) is 0 Å². The van der Waals surface area contributed by atoms with Gasteiger partial charge in [-0.15, -0.1) is 12.4 Å². The summed E-state index contributed by atoms with van der Waals surface area (Å²) in [5.74, 6) is -0.274. The molecule has 0 radical (unpaired) electrons. The highest BCUT2D eigenvalue weighted by atomic mass is 35.5. The molecule has 3 N–H and O–H groups in total. The molecule has 2 fully saturated rings. The van der Waals surface area contributed by atoms with Crippen molar-refractivity contribution >= 4 is 24.2 Å². The van der Waals surface area contributed by atoms with E-state index in [0.717, 1.165) is 24.9 Å². The highest BCUT2D eigenvalue weighted by Gasteiger charge is 2.33. The molecule has 1 saturated carbocycles. The van der Waals surface area contributed by atoms with E-state index < -0.39 is 5.91 Å². The van der Waals surface area contributed by atoms with Crippen molar-refractivity contribution in [3.05, 3.63) is 35.4 Å². The smallest absolute Gasteiger partial charge is 0.248 e. The highest BCUT2D eigenvalue weighted by molar-refractivity contribution is 5.92. The van der Waals surface area contributed by atoms with Gasteiger partial charge in [0.05, 0.1) is 13.2 Å². The molecule has 2 aliphatic rings. The number of hydrogen-bond acceptors (Lipinski definition) is 4. The van der Waals surface area contributed by atoms with Crippen LogP contribution in [-0.2, 0) is 16.1 Å². The summed E-state index contributed by atoms with van der Waals surface area (Å²) in [7, 11) is 0. The number of morpholine rings is 1. The molecule has 1 aromatic rings. The molecule has 1 aliphatic carbocycles. The molecule has 3 rings (SSSR count). The van der Waals surface area contributed by atoms with E-state index in [0.29, 0.717) is 37.8 Å². The van der Waals surface area contributed by atoms with E-state index in [1.165, 1.54) is 0 Å². The summed E-state index contributed by atoms with van der Waals surface area (Å²) in [6.45, 7) is 2.69. The van der Waals surface area contributed by atoms with Crippen LogP contribution in [0, 0.1) is 0 Å². The first kappa shape index (κ1) is 18.7. The van der Waals surface area contributed by atoms with Gasteiger partial charge in [-0.25, -0.2) is 0 Å². The second-order valence-electron chi connectivity index (χ2n) is 6.24. The van der Waals surface area contributed by atoms with Gasteiger partial charge in [0.25, 0.3) is 0 Å². The summed E-state index contributed by atoms with van der Waals surface area (Å²) in [5.41, 5.74) is 6.76. The number of nitrogens with zero attached hydrogens (tertiary/aromatic N) is 1. The lowest BCUT2D eigenvalue weighted by Gasteiger charge is -2.28. The fourth-order valence-electron chi connectivity index (χ4n) is 2.86. The average Bonchev–Trinajstić information content (AvgIpc) is 3.38. The SMILES string of the molecule is Cl.NC(=O)c1ccc(CN(C(=O)CC2COCCN2)C2CC2)cc1. The number of ether oxygens (including phenoxy) is 1. The largest absolute Gasteiger partial charge is 0.378 e. The maximum absolute atomic E-state index is 12.6. The molecule has 1 saturated heterocycles. The lowest BCUT2D eigenvalue weighted by Crippen LogP contribution is -2.45. The van der Waals surface area contributed by atoms with Gasteiger partial charge in [-0.2, -0.15) is 0 Å². The first-order valence-electron chi connectivity index (χ1n) is 8.13. The summed E-state index contributed by atoms with van der Waals surface area (Å²) in [4.78, 5) is 25.7. The van der Waals surface area contributed by atoms with Crippen LogP contribution in [0.1, 0.15) is 35.2 Å². The Hall–Kier alpha value is -1.63. The molecule has 1 aromatic carbocycles. The van der Waals surface area contributed by atoms with E-state index >= 15 is 0 Å². The molecule has 132 valence electrons. The molecule has 0 bridgehead atoms. The average molecular weight is 354 g/mol. The summed E-state index contributed by atoms with van der Waals surface area (Å²) in [6, 6.07) is 7.61. The van der Waals surface area contributed by atoms with E-state index in [1.807, 2.05) is 17.0 Å². The van der Waals surface area contributed by atoms with Crippen LogP contribution in [0.2, 0.25) is 0 Å². The van der Waals surface area contributed by atoms with Crippen molar-refractivity contribution in [2.45, 2.75) is 37.9 Å². The van der Waals surface area contributed by atoms with Crippen molar-refractivity contribution < 1.29 is 14.3 Å². The van der Waals surface area contributed by atoms with Crippen LogP contribution in [0.15, 0.2) is 24.3 Å². The van der Waals surface area contributed by atoms with Crippen molar-refractivity contribution in [2.75, 3.05) is 19.8 Å². The van der Waals surface area contributed by atoms with Crippen LogP contribution in [0.5, 0.6) is 0 Å². The van der Waals surface area contributed by atoms with Crippen molar-refractivity contribution in [2.24, 2.45) is 5.73 Å². The number of amides is 2. The molecule has 1 heterocycles. The fraction of sp³-hybridized carbons (Fsp3) is 0.529. The Morgan fingerprint density at radius 1 is 1.25 bits per heavy atom. The van der Waals surface area contributed by atoms with E-state index in [1.54, 1.807) is 12.1 Å². The first-order chi connectivity index (χ1) is 11.1. The van der Waals surface area contributed by atoms with E-state index in [4.69, 9.17) is 10.5 Å². The van der Waals surface area contributed by atoms with Crippen molar-refractivity contribution in [3.63, 3.8) is 0 Å². The van der Waals surface area contributed by atoms with E-state index in [-0.39, 0.29) is 24.4 Å². The van der Waals surface area contributed by atoms with E-state index in [9.17, 15) is 9.59 Å². The fourth-order valence-corrected chi connectivity index (χ4v) is 2.86. The van der Waals surface area contributed by atoms with Gasteiger partial charge in [-0.3, -0.25) is 9.59 Å². The molecule has 0 spiro atoms. The quantitative estimate of drug-likeness (QED) is 0.801. The third-order valence-corrected chi connectivity index (χ3v) is 4.32. The minimum Gasteiger partial charge on any atom is -0.378 e. The monoisotopic (exact) mass is 353 g/mol. The zero-order valence-electron chi connectivity index (χ0n) is 13.6. The van der Waals surface area contributed by atoms with Crippen LogP contribution in [0.4, 0.5) is 0 Å². The van der Waals surface area contributed by atoms with Crippen molar-refractivity contribution in [1.29, 1.82) is 0 Å². The molecule has 24 heavy (non-hydrogen) atoms. The van der Waals surface area contributed by atoms with Gasteiger partial charge in [0, 0.05) is 37.2 Å². The highest BCUT2D eigenvalue weighted by Crippen LogP contribution is 2.29. The molecule has 0 aromatic heterocycles. The number of nitrogens with one attached hydrogen (secondary N) is 1. The van der Waals surface area contributed by atoms with Crippen LogP contribution >= 0.6 is 12.4 Å². The molecule has 2 amide bonds. The minimum atomic E-state index is -0.435. The topological polar surface area (TPSA) is 84.7 Å². The van der Waals surface area contributed by atoms with Crippen LogP contribution in [-0.4, -0.2) is 48.6 Å². The van der Waals surface area contributed by atoms with Crippen LogP contribution in [0.3, 0.4) is 0 Å². The Kier molecular flexibility index (Phi) is 6.60. The van der Waals surface area contributed by atoms with E-state index in [2.05, 4.69) is 5.32 Å². The zero-order chi connectivity index (χ0) is 16.2. The standard InChI is InChI=1S/C17H23N3O3.ClH/c18-17(22)13-3-1-12(2-4-13)10-20(15-5-6-15)16(21)9-14-11-23-8-7-19-14;/h1-4,14-15,19H,5-11H2,(H2,18,22);1H. The summed E-state index contributed by atoms with van der Waals surface area (Å²) in [5, 5.41) is 3.32. The number of halogens is 1. The molecular formula is C17H24ClN3O3. The molecule has 6 nitrogen and oxygen atoms in total. The predicted molar refractivity (Wildman–Crippen MR) is 93.0 cm³/mol. The lowest BCUT2D eigenvalue weighted by atomic mass is 10.1. The Labute approximate surface area is 148 Å². The second kappa shape index (κ2) is 8.46. The van der Waals surface area contributed by atoms with Crippen LogP contribution < -0.4 is 11.1 Å². The Bertz CT molecular complexity index is 569. The lowest BCUT2D eigenvalue weighted by molar-refractivity contribution is -0.133. The maximum atomic E-state index is 12.6. The molecular weight excluding hydrogens is 330 g/mol. The Morgan fingerprint density at radius 3 is 2.50 bits per heavy atom. The van der Waals surface area contributed by atoms with Gasteiger partial charge in [-0.05, 0) is 30.5 Å². The normalized spacial score (nSPS) is 20.1. The third kappa shape index (κ3) is 4.93. The molecule has 7 heteroatoms. The predicted octanol–water partition coefficient (Wildman–Crippen LogP) is 1.08. The number of carbonyl (C=O) groups excluding carboxylic acids is 2. The number of primary amides is 1. The number of hydrogen-bond donors (Lipinski definition) is 2. The maximum Gasteiger partial charge on any atom is 0.248 e. The number of nitrogens with two attached hydrogens (primary N) is 1. The third-order valence-electron chi connectivity index (χ3n) is 4.32. The molecule has 1 aliphatic heterocycles. The van der Waals surface area contributed by atoms with Gasteiger partial charge in [-0.1, -0.05) is 12.1 Å². The first-order valence-corrected chi connectivity index (χ1v) is 8.13. The van der Waals surface area contributed by atoms with Gasteiger partial charge in [0.2, 0.25) is 11.8 Å². The number of benzene rings is 1. The zero-order valence-corrected chi connectivity index (χ0v) is 14.4. The van der Waals surface area contributed by atoms with Gasteiger partial charge in [0.15, 0.2) is 0 Å². The summed E-state index contributed by atoms with van der Waals surface area (Å²) < 4.78 is 5.42. The second-order valence-corrected chi connectivity index (χ2v) is 6.24. The minimum absolute atomic E-state index is 0. The molecule has 1 atom stereocenters. The summed E-state index contributed by atoms with van der Waals surface area (Å²) in [6.07, 6.45) is 2.61. The van der Waals surface area contributed by atoms with Crippen molar-refractivity contribution in [1.82, 2.24) is 10.2 Å². The Balaban J connectivity index is 0.00000208. The number of carbonyl (C=O) groups is 2. The van der Waals surface area contributed by atoms with Gasteiger partial charge in [0.1, 0.15) is 0 Å². The summed E-state index contributed by atoms with van der Waals surface area (Å²) >= 11 is 0. The van der Waals surface area contributed by atoms with Gasteiger partial charge < -0.3 is 20.7 Å².